The lowest BCUT2D eigenvalue weighted by Crippen LogP contribution is -2.38. The Morgan fingerprint density at radius 2 is 2.12 bits per heavy atom. The summed E-state index contributed by atoms with van der Waals surface area (Å²) < 4.78 is 5.05. The third-order valence-electron chi connectivity index (χ3n) is 3.53. The van der Waals surface area contributed by atoms with Gasteiger partial charge in [0.25, 0.3) is 0 Å². The third kappa shape index (κ3) is 5.04. The van der Waals surface area contributed by atoms with Gasteiger partial charge >= 0.3 is 5.97 Å². The summed E-state index contributed by atoms with van der Waals surface area (Å²) in [6, 6.07) is 0. The van der Waals surface area contributed by atoms with Crippen molar-refractivity contribution in [2.75, 3.05) is 26.3 Å². The number of hydrogen-bond acceptors (Lipinski definition) is 4. The van der Waals surface area contributed by atoms with Crippen molar-refractivity contribution >= 4 is 5.97 Å². The minimum atomic E-state index is -0.190. The topological polar surface area (TPSA) is 58.6 Å². The molecule has 0 aromatic heterocycles. The molecule has 4 heteroatoms. The smallest absolute Gasteiger partial charge is 0.319 e. The van der Waals surface area contributed by atoms with Crippen LogP contribution in [0.1, 0.15) is 45.4 Å². The highest BCUT2D eigenvalue weighted by Gasteiger charge is 2.32. The molecule has 0 heterocycles. The zero-order valence-electron chi connectivity index (χ0n) is 10.8. The number of carbonyl (C=O) groups excluding carboxylic acids is 1. The molecule has 0 aromatic carbocycles. The molecular formula is C13H25NO3. The Hall–Kier alpha value is -0.610. The Bertz CT molecular complexity index is 225. The molecule has 0 aromatic rings. The molecule has 0 amide bonds. The molecule has 1 fully saturated rings. The second-order valence-corrected chi connectivity index (χ2v) is 5.04. The van der Waals surface area contributed by atoms with Gasteiger partial charge in [-0.3, -0.25) is 4.79 Å². The summed E-state index contributed by atoms with van der Waals surface area (Å²) >= 11 is 0. The quantitative estimate of drug-likeness (QED) is 0.501. The number of aliphatic hydroxyl groups excluding tert-OH is 1. The van der Waals surface area contributed by atoms with Gasteiger partial charge in [-0.05, 0) is 19.3 Å². The van der Waals surface area contributed by atoms with Crippen molar-refractivity contribution in [1.82, 2.24) is 5.32 Å². The van der Waals surface area contributed by atoms with Crippen molar-refractivity contribution in [2.45, 2.75) is 45.4 Å². The van der Waals surface area contributed by atoms with E-state index in [4.69, 9.17) is 4.74 Å². The average molecular weight is 243 g/mol. The van der Waals surface area contributed by atoms with Crippen LogP contribution in [0.5, 0.6) is 0 Å². The minimum absolute atomic E-state index is 0.00367. The van der Waals surface area contributed by atoms with Crippen molar-refractivity contribution < 1.29 is 14.6 Å². The van der Waals surface area contributed by atoms with E-state index in [0.29, 0.717) is 13.2 Å². The Morgan fingerprint density at radius 3 is 2.71 bits per heavy atom. The van der Waals surface area contributed by atoms with E-state index in [2.05, 4.69) is 12.2 Å². The highest BCUT2D eigenvalue weighted by molar-refractivity contribution is 5.71. The van der Waals surface area contributed by atoms with Crippen LogP contribution in [0.4, 0.5) is 0 Å². The summed E-state index contributed by atoms with van der Waals surface area (Å²) in [7, 11) is 0. The molecule has 1 aliphatic carbocycles. The van der Waals surface area contributed by atoms with Gasteiger partial charge in [-0.25, -0.2) is 0 Å². The summed E-state index contributed by atoms with van der Waals surface area (Å²) in [5.41, 5.74) is 0.00367. The number of unbranched alkanes of at least 4 members (excludes halogenated alkanes) is 1. The van der Waals surface area contributed by atoms with Crippen LogP contribution >= 0.6 is 0 Å². The van der Waals surface area contributed by atoms with Crippen LogP contribution in [0.25, 0.3) is 0 Å². The van der Waals surface area contributed by atoms with E-state index < -0.39 is 0 Å². The van der Waals surface area contributed by atoms with Gasteiger partial charge in [0.15, 0.2) is 0 Å². The average Bonchev–Trinajstić information content (AvgIpc) is 2.79. The van der Waals surface area contributed by atoms with Gasteiger partial charge in [0.05, 0.1) is 13.2 Å². The SMILES string of the molecule is CCCCOC(=O)CNCC1(CO)CCCC1. The molecular weight excluding hydrogens is 218 g/mol. The third-order valence-corrected chi connectivity index (χ3v) is 3.53. The first-order valence-electron chi connectivity index (χ1n) is 6.70. The van der Waals surface area contributed by atoms with Gasteiger partial charge in [0, 0.05) is 18.6 Å². The van der Waals surface area contributed by atoms with E-state index in [0.717, 1.165) is 25.7 Å². The Kier molecular flexibility index (Phi) is 6.52. The van der Waals surface area contributed by atoms with Gasteiger partial charge in [-0.2, -0.15) is 0 Å². The molecule has 1 rings (SSSR count). The maximum atomic E-state index is 11.3. The first-order chi connectivity index (χ1) is 8.22. The predicted octanol–water partition coefficient (Wildman–Crippen LogP) is 1.47. The van der Waals surface area contributed by atoms with E-state index in [1.807, 2.05) is 0 Å². The first kappa shape index (κ1) is 14.5. The summed E-state index contributed by atoms with van der Waals surface area (Å²) in [5.74, 6) is -0.190. The molecule has 2 N–H and O–H groups in total. The lowest BCUT2D eigenvalue weighted by atomic mass is 9.87. The van der Waals surface area contributed by atoms with Crippen LogP contribution in [0, 0.1) is 5.41 Å². The number of nitrogens with one attached hydrogen (secondary N) is 1. The number of hydrogen-bond donors (Lipinski definition) is 2. The fourth-order valence-electron chi connectivity index (χ4n) is 2.33. The summed E-state index contributed by atoms with van der Waals surface area (Å²) in [4.78, 5) is 11.3. The lowest BCUT2D eigenvalue weighted by Gasteiger charge is -2.26. The van der Waals surface area contributed by atoms with E-state index >= 15 is 0 Å². The predicted molar refractivity (Wildman–Crippen MR) is 66.7 cm³/mol. The number of aliphatic hydroxyl groups is 1. The van der Waals surface area contributed by atoms with E-state index in [9.17, 15) is 9.90 Å². The van der Waals surface area contributed by atoms with Gasteiger partial charge in [-0.15, -0.1) is 0 Å². The molecule has 17 heavy (non-hydrogen) atoms. The van der Waals surface area contributed by atoms with E-state index in [1.54, 1.807) is 0 Å². The molecule has 0 spiro atoms. The summed E-state index contributed by atoms with van der Waals surface area (Å²) in [6.45, 7) is 3.77. The van der Waals surface area contributed by atoms with Gasteiger partial charge < -0.3 is 15.2 Å². The van der Waals surface area contributed by atoms with E-state index in [1.165, 1.54) is 12.8 Å². The molecule has 1 aliphatic rings. The first-order valence-corrected chi connectivity index (χ1v) is 6.70. The number of esters is 1. The van der Waals surface area contributed by atoms with Crippen molar-refractivity contribution in [1.29, 1.82) is 0 Å². The molecule has 0 aliphatic heterocycles. The Morgan fingerprint density at radius 1 is 1.41 bits per heavy atom. The van der Waals surface area contributed by atoms with Gasteiger partial charge in [0.2, 0.25) is 0 Å². The number of carbonyl (C=O) groups is 1. The second-order valence-electron chi connectivity index (χ2n) is 5.04. The van der Waals surface area contributed by atoms with Crippen molar-refractivity contribution in [3.05, 3.63) is 0 Å². The molecule has 1 saturated carbocycles. The highest BCUT2D eigenvalue weighted by atomic mass is 16.5. The molecule has 0 unspecified atom stereocenters. The van der Waals surface area contributed by atoms with Gasteiger partial charge in [-0.1, -0.05) is 26.2 Å². The standard InChI is InChI=1S/C13H25NO3/c1-2-3-8-17-12(16)9-14-10-13(11-15)6-4-5-7-13/h14-15H,2-11H2,1H3. The van der Waals surface area contributed by atoms with E-state index in [-0.39, 0.29) is 24.5 Å². The van der Waals surface area contributed by atoms with Gasteiger partial charge in [0.1, 0.15) is 0 Å². The molecule has 100 valence electrons. The van der Waals surface area contributed by atoms with Crippen molar-refractivity contribution in [2.24, 2.45) is 5.41 Å². The molecule has 0 saturated heterocycles. The van der Waals surface area contributed by atoms with Crippen LogP contribution < -0.4 is 5.32 Å². The lowest BCUT2D eigenvalue weighted by molar-refractivity contribution is -0.142. The second kappa shape index (κ2) is 7.67. The van der Waals surface area contributed by atoms with Crippen LogP contribution in [-0.4, -0.2) is 37.4 Å². The highest BCUT2D eigenvalue weighted by Crippen LogP contribution is 2.36. The summed E-state index contributed by atoms with van der Waals surface area (Å²) in [6.07, 6.45) is 6.44. The molecule has 4 nitrogen and oxygen atoms in total. The summed E-state index contributed by atoms with van der Waals surface area (Å²) in [5, 5.41) is 12.5. The largest absolute Gasteiger partial charge is 0.465 e. The normalized spacial score (nSPS) is 18.2. The van der Waals surface area contributed by atoms with Crippen LogP contribution in [0.2, 0.25) is 0 Å². The van der Waals surface area contributed by atoms with Crippen molar-refractivity contribution in [3.8, 4) is 0 Å². The van der Waals surface area contributed by atoms with Crippen LogP contribution in [0.3, 0.4) is 0 Å². The number of ether oxygens (including phenoxy) is 1. The fraction of sp³-hybridized carbons (Fsp3) is 0.923. The van der Waals surface area contributed by atoms with Crippen LogP contribution in [-0.2, 0) is 9.53 Å². The fourth-order valence-corrected chi connectivity index (χ4v) is 2.33. The Balaban J connectivity index is 2.11. The Labute approximate surface area is 104 Å². The maximum absolute atomic E-state index is 11.3. The molecule has 0 atom stereocenters. The zero-order valence-corrected chi connectivity index (χ0v) is 10.8. The van der Waals surface area contributed by atoms with Crippen LogP contribution in [0.15, 0.2) is 0 Å². The maximum Gasteiger partial charge on any atom is 0.319 e. The van der Waals surface area contributed by atoms with Crippen molar-refractivity contribution in [3.63, 3.8) is 0 Å². The molecule has 0 radical (unpaired) electrons. The monoisotopic (exact) mass is 243 g/mol. The molecule has 0 bridgehead atoms. The minimum Gasteiger partial charge on any atom is -0.465 e. The zero-order chi connectivity index (χ0) is 12.6. The number of rotatable bonds is 8.